The summed E-state index contributed by atoms with van der Waals surface area (Å²) in [6.45, 7) is 3.49. The van der Waals surface area contributed by atoms with E-state index in [0.717, 1.165) is 0 Å². The number of nitrogens with two attached hydrogens (primary N) is 1. The lowest BCUT2D eigenvalue weighted by molar-refractivity contribution is -0.141. The zero-order chi connectivity index (χ0) is 8.20. The first-order chi connectivity index (χ1) is 4.56. The first-order valence-electron chi connectivity index (χ1n) is 3.23. The largest absolute Gasteiger partial charge is 0.480 e. The van der Waals surface area contributed by atoms with Crippen molar-refractivity contribution in [1.82, 2.24) is 0 Å². The maximum absolute atomic E-state index is 10.5. The minimum absolute atomic E-state index is 0.409. The fourth-order valence-corrected chi connectivity index (χ4v) is 0.638. The van der Waals surface area contributed by atoms with Crippen LogP contribution >= 0.6 is 0 Å². The summed E-state index contributed by atoms with van der Waals surface area (Å²) in [6, 6.07) is 0. The second-order valence-corrected chi connectivity index (χ2v) is 2.20. The molecule has 0 radical (unpaired) electrons. The highest BCUT2D eigenvalue weighted by molar-refractivity contribution is 5.80. The van der Waals surface area contributed by atoms with E-state index in [2.05, 4.69) is 0 Å². The molecule has 3 heteroatoms. The number of rotatable bonds is 3. The third kappa shape index (κ3) is 1.84. The average molecular weight is 143 g/mol. The Labute approximate surface area is 60.5 Å². The summed E-state index contributed by atoms with van der Waals surface area (Å²) in [5.74, 6) is -0.979. The summed E-state index contributed by atoms with van der Waals surface area (Å²) in [5, 5.41) is 8.59. The van der Waals surface area contributed by atoms with Gasteiger partial charge in [-0.1, -0.05) is 19.1 Å². The quantitative estimate of drug-likeness (QED) is 0.573. The molecule has 1 atom stereocenters. The van der Waals surface area contributed by atoms with Crippen LogP contribution in [-0.2, 0) is 4.79 Å². The van der Waals surface area contributed by atoms with Crippen LogP contribution in [0.2, 0.25) is 0 Å². The van der Waals surface area contributed by atoms with E-state index in [1.807, 2.05) is 0 Å². The number of carbonyl (C=O) groups is 1. The van der Waals surface area contributed by atoms with Crippen molar-refractivity contribution in [3.05, 3.63) is 12.2 Å². The van der Waals surface area contributed by atoms with Crippen molar-refractivity contribution in [2.75, 3.05) is 0 Å². The van der Waals surface area contributed by atoms with Gasteiger partial charge in [0.2, 0.25) is 0 Å². The number of hydrogen-bond acceptors (Lipinski definition) is 2. The Balaban J connectivity index is 4.38. The Bertz CT molecular complexity index is 154. The third-order valence-corrected chi connectivity index (χ3v) is 1.45. The van der Waals surface area contributed by atoms with E-state index in [1.165, 1.54) is 6.08 Å². The van der Waals surface area contributed by atoms with E-state index >= 15 is 0 Å². The van der Waals surface area contributed by atoms with E-state index in [-0.39, 0.29) is 0 Å². The smallest absolute Gasteiger partial charge is 0.327 e. The summed E-state index contributed by atoms with van der Waals surface area (Å²) in [4.78, 5) is 10.5. The molecule has 0 amide bonds. The second kappa shape index (κ2) is 3.37. The molecular weight excluding hydrogens is 130 g/mol. The van der Waals surface area contributed by atoms with E-state index in [4.69, 9.17) is 10.8 Å². The minimum Gasteiger partial charge on any atom is -0.480 e. The monoisotopic (exact) mass is 143 g/mol. The zero-order valence-corrected chi connectivity index (χ0v) is 6.29. The molecule has 0 saturated heterocycles. The SMILES string of the molecule is C/C=C\C(N)(CC)C(=O)O. The van der Waals surface area contributed by atoms with E-state index in [0.29, 0.717) is 6.42 Å². The molecule has 58 valence electrons. The summed E-state index contributed by atoms with van der Waals surface area (Å²) in [5.41, 5.74) is 4.29. The Morgan fingerprint density at radius 2 is 2.30 bits per heavy atom. The summed E-state index contributed by atoms with van der Waals surface area (Å²) in [7, 11) is 0. The number of carboxylic acids is 1. The molecule has 0 saturated carbocycles. The van der Waals surface area contributed by atoms with Gasteiger partial charge in [-0.05, 0) is 13.3 Å². The standard InChI is InChI=1S/C7H13NO2/c1-3-5-7(8,4-2)6(9)10/h3,5H,4,8H2,1-2H3,(H,9,10)/b5-3-. The normalized spacial score (nSPS) is 17.1. The van der Waals surface area contributed by atoms with Gasteiger partial charge in [-0.25, -0.2) is 4.79 Å². The molecule has 1 unspecified atom stereocenters. The molecule has 10 heavy (non-hydrogen) atoms. The van der Waals surface area contributed by atoms with Crippen molar-refractivity contribution in [1.29, 1.82) is 0 Å². The molecule has 0 spiro atoms. The Kier molecular flexibility index (Phi) is 3.09. The van der Waals surface area contributed by atoms with Crippen LogP contribution < -0.4 is 5.73 Å². The van der Waals surface area contributed by atoms with Crippen molar-refractivity contribution in [3.8, 4) is 0 Å². The zero-order valence-electron chi connectivity index (χ0n) is 6.29. The van der Waals surface area contributed by atoms with Gasteiger partial charge < -0.3 is 10.8 Å². The number of aliphatic carboxylic acids is 1. The summed E-state index contributed by atoms with van der Waals surface area (Å²) in [6.07, 6.45) is 3.56. The van der Waals surface area contributed by atoms with Gasteiger partial charge in [0.1, 0.15) is 5.54 Å². The van der Waals surface area contributed by atoms with E-state index in [1.54, 1.807) is 19.9 Å². The molecule has 3 nitrogen and oxygen atoms in total. The topological polar surface area (TPSA) is 63.3 Å². The molecule has 0 fully saturated rings. The predicted molar refractivity (Wildman–Crippen MR) is 39.7 cm³/mol. The van der Waals surface area contributed by atoms with Crippen LogP contribution in [0, 0.1) is 0 Å². The molecular formula is C7H13NO2. The fourth-order valence-electron chi connectivity index (χ4n) is 0.638. The second-order valence-electron chi connectivity index (χ2n) is 2.20. The molecule has 0 aromatic rings. The molecule has 0 heterocycles. The number of carboxylic acid groups (broad SMARTS) is 1. The molecule has 0 aliphatic heterocycles. The van der Waals surface area contributed by atoms with E-state index in [9.17, 15) is 4.79 Å². The molecule has 0 aliphatic rings. The predicted octanol–water partition coefficient (Wildman–Crippen LogP) is 0.755. The summed E-state index contributed by atoms with van der Waals surface area (Å²) >= 11 is 0. The maximum atomic E-state index is 10.5. The number of hydrogen-bond donors (Lipinski definition) is 2. The lowest BCUT2D eigenvalue weighted by Crippen LogP contribution is -2.45. The van der Waals surface area contributed by atoms with Crippen molar-refractivity contribution in [2.45, 2.75) is 25.8 Å². The highest BCUT2D eigenvalue weighted by Gasteiger charge is 2.27. The lowest BCUT2D eigenvalue weighted by atomic mass is 9.97. The van der Waals surface area contributed by atoms with Gasteiger partial charge >= 0.3 is 5.97 Å². The molecule has 0 aromatic heterocycles. The molecule has 3 N–H and O–H groups in total. The molecule has 0 rings (SSSR count). The number of allylic oxidation sites excluding steroid dienone is 1. The third-order valence-electron chi connectivity index (χ3n) is 1.45. The Morgan fingerprint density at radius 3 is 2.40 bits per heavy atom. The van der Waals surface area contributed by atoms with Gasteiger partial charge in [0.05, 0.1) is 0 Å². The van der Waals surface area contributed by atoms with Gasteiger partial charge in [0.15, 0.2) is 0 Å². The highest BCUT2D eigenvalue weighted by atomic mass is 16.4. The van der Waals surface area contributed by atoms with E-state index < -0.39 is 11.5 Å². The molecule has 0 aliphatic carbocycles. The van der Waals surface area contributed by atoms with Crippen LogP contribution in [0.3, 0.4) is 0 Å². The summed E-state index contributed by atoms with van der Waals surface area (Å²) < 4.78 is 0. The van der Waals surface area contributed by atoms with Crippen molar-refractivity contribution >= 4 is 5.97 Å². The van der Waals surface area contributed by atoms with Gasteiger partial charge in [0, 0.05) is 0 Å². The van der Waals surface area contributed by atoms with Crippen LogP contribution in [0.15, 0.2) is 12.2 Å². The van der Waals surface area contributed by atoms with Gasteiger partial charge in [0.25, 0.3) is 0 Å². The van der Waals surface area contributed by atoms with Crippen LogP contribution in [0.1, 0.15) is 20.3 Å². The Hall–Kier alpha value is -0.830. The Morgan fingerprint density at radius 1 is 1.80 bits per heavy atom. The minimum atomic E-state index is -1.17. The van der Waals surface area contributed by atoms with Crippen molar-refractivity contribution in [2.24, 2.45) is 5.73 Å². The average Bonchev–Trinajstić information content (AvgIpc) is 1.88. The first-order valence-corrected chi connectivity index (χ1v) is 3.23. The fraction of sp³-hybridized carbons (Fsp3) is 0.571. The van der Waals surface area contributed by atoms with Crippen molar-refractivity contribution < 1.29 is 9.90 Å². The van der Waals surface area contributed by atoms with Crippen LogP contribution in [0.25, 0.3) is 0 Å². The molecule has 0 aromatic carbocycles. The maximum Gasteiger partial charge on any atom is 0.327 e. The van der Waals surface area contributed by atoms with Crippen molar-refractivity contribution in [3.63, 3.8) is 0 Å². The molecule has 0 bridgehead atoms. The van der Waals surface area contributed by atoms with Gasteiger partial charge in [-0.2, -0.15) is 0 Å². The van der Waals surface area contributed by atoms with Gasteiger partial charge in [-0.15, -0.1) is 0 Å². The highest BCUT2D eigenvalue weighted by Crippen LogP contribution is 2.07. The van der Waals surface area contributed by atoms with Gasteiger partial charge in [-0.3, -0.25) is 0 Å². The first kappa shape index (κ1) is 9.17. The van der Waals surface area contributed by atoms with Crippen LogP contribution in [-0.4, -0.2) is 16.6 Å². The lowest BCUT2D eigenvalue weighted by Gasteiger charge is -2.17. The van der Waals surface area contributed by atoms with Crippen LogP contribution in [0.5, 0.6) is 0 Å². The van der Waals surface area contributed by atoms with Crippen LogP contribution in [0.4, 0.5) is 0 Å².